The summed E-state index contributed by atoms with van der Waals surface area (Å²) in [6.07, 6.45) is 4.35. The molecule has 0 aliphatic carbocycles. The lowest BCUT2D eigenvalue weighted by Gasteiger charge is -2.36. The minimum Gasteiger partial charge on any atom is -0.471 e. The Bertz CT molecular complexity index is 999. The first-order chi connectivity index (χ1) is 14.3. The first-order valence-corrected chi connectivity index (χ1v) is 10.0. The summed E-state index contributed by atoms with van der Waals surface area (Å²) in [5.74, 6) is 2.45. The quantitative estimate of drug-likeness (QED) is 0.669. The van der Waals surface area contributed by atoms with Crippen LogP contribution in [0, 0.1) is 6.92 Å². The van der Waals surface area contributed by atoms with Gasteiger partial charge < -0.3 is 19.3 Å². The lowest BCUT2D eigenvalue weighted by Crippen LogP contribution is -2.46. The van der Waals surface area contributed by atoms with Crippen LogP contribution in [0.3, 0.4) is 0 Å². The maximum absolute atomic E-state index is 6.10. The van der Waals surface area contributed by atoms with Gasteiger partial charge >= 0.3 is 0 Å². The number of fused-ring (bicyclic) bond motifs is 1. The number of aryl methyl sites for hydroxylation is 1. The second-order valence-corrected chi connectivity index (χ2v) is 7.42. The van der Waals surface area contributed by atoms with Gasteiger partial charge in [-0.3, -0.25) is 0 Å². The summed E-state index contributed by atoms with van der Waals surface area (Å²) in [6.45, 7) is 6.98. The van der Waals surface area contributed by atoms with Crippen molar-refractivity contribution < 1.29 is 9.47 Å². The van der Waals surface area contributed by atoms with E-state index in [-0.39, 0.29) is 6.10 Å². The van der Waals surface area contributed by atoms with E-state index in [1.54, 1.807) is 6.33 Å². The molecule has 4 heterocycles. The van der Waals surface area contributed by atoms with Crippen LogP contribution in [0.2, 0.25) is 0 Å². The molecule has 0 N–H and O–H groups in total. The van der Waals surface area contributed by atoms with E-state index in [0.717, 1.165) is 61.8 Å². The van der Waals surface area contributed by atoms with E-state index in [2.05, 4.69) is 41.9 Å². The van der Waals surface area contributed by atoms with Gasteiger partial charge in [-0.25, -0.2) is 19.9 Å². The lowest BCUT2D eigenvalue weighted by molar-refractivity contribution is 0.139. The van der Waals surface area contributed by atoms with E-state index in [9.17, 15) is 0 Å². The van der Waals surface area contributed by atoms with Crippen LogP contribution in [-0.4, -0.2) is 65.4 Å². The van der Waals surface area contributed by atoms with Crippen LogP contribution in [0.25, 0.3) is 10.9 Å². The molecule has 2 aliphatic heterocycles. The molecule has 1 aromatic carbocycles. The summed E-state index contributed by atoms with van der Waals surface area (Å²) in [5, 5.41) is 0.950. The van der Waals surface area contributed by atoms with Gasteiger partial charge in [0.25, 0.3) is 0 Å². The van der Waals surface area contributed by atoms with Gasteiger partial charge in [0.2, 0.25) is 5.88 Å². The van der Waals surface area contributed by atoms with Crippen LogP contribution in [-0.2, 0) is 4.74 Å². The average molecular weight is 392 g/mol. The summed E-state index contributed by atoms with van der Waals surface area (Å²) in [6, 6.07) is 8.30. The van der Waals surface area contributed by atoms with E-state index >= 15 is 0 Å². The van der Waals surface area contributed by atoms with E-state index in [1.807, 2.05) is 25.3 Å². The fourth-order valence-corrected chi connectivity index (χ4v) is 3.89. The summed E-state index contributed by atoms with van der Waals surface area (Å²) < 4.78 is 11.5. The molecule has 0 bridgehead atoms. The molecular weight excluding hydrogens is 368 g/mol. The third-order valence-electron chi connectivity index (χ3n) is 5.48. The Labute approximate surface area is 169 Å². The maximum atomic E-state index is 6.10. The van der Waals surface area contributed by atoms with Crippen LogP contribution in [0.1, 0.15) is 12.2 Å². The number of anilines is 2. The summed E-state index contributed by atoms with van der Waals surface area (Å²) in [7, 11) is 0. The van der Waals surface area contributed by atoms with Gasteiger partial charge in [0, 0.05) is 44.5 Å². The molecule has 2 saturated heterocycles. The number of hydrogen-bond donors (Lipinski definition) is 0. The zero-order chi connectivity index (χ0) is 19.6. The predicted octanol–water partition coefficient (Wildman–Crippen LogP) is 2.22. The number of benzene rings is 1. The number of hydrogen-bond acceptors (Lipinski definition) is 8. The maximum Gasteiger partial charge on any atom is 0.224 e. The zero-order valence-electron chi connectivity index (χ0n) is 16.5. The third kappa shape index (κ3) is 3.80. The second kappa shape index (κ2) is 7.79. The van der Waals surface area contributed by atoms with Crippen molar-refractivity contribution in [2.75, 3.05) is 49.2 Å². The Hall–Kier alpha value is -3.00. The Kier molecular flexibility index (Phi) is 4.85. The molecule has 0 radical (unpaired) electrons. The molecule has 1 unspecified atom stereocenters. The highest BCUT2D eigenvalue weighted by Gasteiger charge is 2.21. The summed E-state index contributed by atoms with van der Waals surface area (Å²) >= 11 is 0. The van der Waals surface area contributed by atoms with E-state index < -0.39 is 0 Å². The molecule has 0 saturated carbocycles. The molecule has 2 aliphatic rings. The molecule has 8 nitrogen and oxygen atoms in total. The first kappa shape index (κ1) is 18.1. The van der Waals surface area contributed by atoms with Crippen molar-refractivity contribution in [3.05, 3.63) is 42.6 Å². The van der Waals surface area contributed by atoms with Crippen molar-refractivity contribution >= 4 is 22.4 Å². The van der Waals surface area contributed by atoms with E-state index in [4.69, 9.17) is 9.47 Å². The topological polar surface area (TPSA) is 76.5 Å². The monoisotopic (exact) mass is 392 g/mol. The molecule has 0 amide bonds. The first-order valence-electron chi connectivity index (χ1n) is 10.0. The standard InChI is InChI=1S/C21H24N6O2/c1-15-22-6-4-20(25-15)27-9-7-26(8-10-27)16-2-3-19-18(12-16)21(24-14-23-19)29-17-5-11-28-13-17/h2-4,6,12,14,17H,5,7-11,13H2,1H3. The predicted molar refractivity (Wildman–Crippen MR) is 111 cm³/mol. The Morgan fingerprint density at radius 1 is 1.03 bits per heavy atom. The van der Waals surface area contributed by atoms with Crippen LogP contribution in [0.4, 0.5) is 11.5 Å². The number of rotatable bonds is 4. The van der Waals surface area contributed by atoms with Crippen LogP contribution in [0.5, 0.6) is 5.88 Å². The van der Waals surface area contributed by atoms with Crippen molar-refractivity contribution in [2.45, 2.75) is 19.4 Å². The van der Waals surface area contributed by atoms with E-state index in [1.165, 1.54) is 5.69 Å². The fraction of sp³-hybridized carbons (Fsp3) is 0.429. The van der Waals surface area contributed by atoms with E-state index in [0.29, 0.717) is 12.5 Å². The van der Waals surface area contributed by atoms with Crippen molar-refractivity contribution in [2.24, 2.45) is 0 Å². The van der Waals surface area contributed by atoms with Gasteiger partial charge in [0.05, 0.1) is 24.1 Å². The molecular formula is C21H24N6O2. The van der Waals surface area contributed by atoms with Crippen molar-refractivity contribution in [1.29, 1.82) is 0 Å². The molecule has 8 heteroatoms. The van der Waals surface area contributed by atoms with Crippen molar-refractivity contribution in [3.63, 3.8) is 0 Å². The Balaban J connectivity index is 1.34. The average Bonchev–Trinajstić information content (AvgIpc) is 3.27. The van der Waals surface area contributed by atoms with Crippen molar-refractivity contribution in [3.8, 4) is 5.88 Å². The van der Waals surface area contributed by atoms with Gasteiger partial charge in [0.15, 0.2) is 0 Å². The Morgan fingerprint density at radius 3 is 2.69 bits per heavy atom. The molecule has 2 fully saturated rings. The highest BCUT2D eigenvalue weighted by Crippen LogP contribution is 2.29. The molecule has 150 valence electrons. The highest BCUT2D eigenvalue weighted by atomic mass is 16.5. The highest BCUT2D eigenvalue weighted by molar-refractivity contribution is 5.86. The molecule has 29 heavy (non-hydrogen) atoms. The molecule has 1 atom stereocenters. The third-order valence-corrected chi connectivity index (χ3v) is 5.48. The number of nitrogens with zero attached hydrogens (tertiary/aromatic N) is 6. The van der Waals surface area contributed by atoms with Gasteiger partial charge in [-0.05, 0) is 31.2 Å². The van der Waals surface area contributed by atoms with Gasteiger partial charge in [-0.1, -0.05) is 0 Å². The Morgan fingerprint density at radius 2 is 1.90 bits per heavy atom. The normalized spacial score (nSPS) is 19.7. The SMILES string of the molecule is Cc1nccc(N2CCN(c3ccc4ncnc(OC5CCOC5)c4c3)CC2)n1. The summed E-state index contributed by atoms with van der Waals surface area (Å²) in [4.78, 5) is 22.2. The molecule has 3 aromatic rings. The zero-order valence-corrected chi connectivity index (χ0v) is 16.5. The minimum absolute atomic E-state index is 0.0663. The largest absolute Gasteiger partial charge is 0.471 e. The lowest BCUT2D eigenvalue weighted by atomic mass is 10.2. The molecule has 5 rings (SSSR count). The fourth-order valence-electron chi connectivity index (χ4n) is 3.89. The molecule has 0 spiro atoms. The van der Waals surface area contributed by atoms with Gasteiger partial charge in [0.1, 0.15) is 24.1 Å². The minimum atomic E-state index is 0.0663. The number of aromatic nitrogens is 4. The van der Waals surface area contributed by atoms with Crippen LogP contribution in [0.15, 0.2) is 36.8 Å². The van der Waals surface area contributed by atoms with Gasteiger partial charge in [-0.15, -0.1) is 0 Å². The van der Waals surface area contributed by atoms with Gasteiger partial charge in [-0.2, -0.15) is 0 Å². The number of ether oxygens (including phenoxy) is 2. The van der Waals surface area contributed by atoms with Crippen molar-refractivity contribution in [1.82, 2.24) is 19.9 Å². The molecule has 2 aromatic heterocycles. The van der Waals surface area contributed by atoms with Crippen LogP contribution < -0.4 is 14.5 Å². The smallest absolute Gasteiger partial charge is 0.224 e. The van der Waals surface area contributed by atoms with Crippen LogP contribution >= 0.6 is 0 Å². The summed E-state index contributed by atoms with van der Waals surface area (Å²) in [5.41, 5.74) is 2.06. The second-order valence-electron chi connectivity index (χ2n) is 7.42. The number of piperazine rings is 1.